The molecule has 0 atom stereocenters. The number of hydrogen-bond donors (Lipinski definition) is 0. The van der Waals surface area contributed by atoms with Gasteiger partial charge in [0, 0.05) is 6.42 Å². The van der Waals surface area contributed by atoms with Gasteiger partial charge in [-0.2, -0.15) is 0 Å². The second kappa shape index (κ2) is 54.0. The Morgan fingerprint density at radius 1 is 0.318 bits per heavy atom. The molecule has 1 aromatic rings. The first-order valence-corrected chi connectivity index (χ1v) is 26.4. The van der Waals surface area contributed by atoms with Crippen molar-refractivity contribution in [1.82, 2.24) is 0 Å². The zero-order valence-electron chi connectivity index (χ0n) is 42.2. The normalized spacial score (nSPS) is 11.5. The molecule has 388 valence electrons. The van der Waals surface area contributed by atoms with Crippen molar-refractivity contribution in [2.75, 3.05) is 145 Å². The lowest BCUT2D eigenvalue weighted by Crippen LogP contribution is -2.15. The van der Waals surface area contributed by atoms with Gasteiger partial charge in [-0.05, 0) is 37.0 Å². The lowest BCUT2D eigenvalue weighted by atomic mass is 10.0. The maximum absolute atomic E-state index is 11.9. The summed E-state index contributed by atoms with van der Waals surface area (Å²) in [7, 11) is 0. The van der Waals surface area contributed by atoms with Gasteiger partial charge in [-0.25, -0.2) is 0 Å². The van der Waals surface area contributed by atoms with Crippen LogP contribution in [0.25, 0.3) is 0 Å². The second-order valence-corrected chi connectivity index (χ2v) is 16.7. The molecule has 0 amide bonds. The molecule has 0 aliphatic carbocycles. The van der Waals surface area contributed by atoms with Crippen LogP contribution in [0.5, 0.6) is 5.75 Å². The van der Waals surface area contributed by atoms with Crippen LogP contribution in [0, 0.1) is 0 Å². The molecule has 0 N–H and O–H groups in total. The van der Waals surface area contributed by atoms with Crippen LogP contribution in [0.4, 0.5) is 0 Å². The first-order chi connectivity index (χ1) is 32.8. The van der Waals surface area contributed by atoms with Crippen LogP contribution in [-0.2, 0) is 63.3 Å². The number of hydrogen-bond acceptors (Lipinski definition) is 13. The third-order valence-electron chi connectivity index (χ3n) is 10.8. The highest BCUT2D eigenvalue weighted by molar-refractivity contribution is 5.69. The molecule has 13 heteroatoms. The van der Waals surface area contributed by atoms with Gasteiger partial charge in [-0.1, -0.05) is 142 Å². The molecule has 0 spiro atoms. The van der Waals surface area contributed by atoms with E-state index in [1.165, 1.54) is 121 Å². The van der Waals surface area contributed by atoms with Crippen LogP contribution in [0.1, 0.15) is 154 Å². The summed E-state index contributed by atoms with van der Waals surface area (Å²) in [5, 5.41) is 0. The fourth-order valence-corrected chi connectivity index (χ4v) is 6.91. The molecular formula is C53H98O13. The summed E-state index contributed by atoms with van der Waals surface area (Å²) in [5.74, 6) is 0.754. The Labute approximate surface area is 402 Å². The van der Waals surface area contributed by atoms with E-state index in [1.807, 2.05) is 0 Å². The number of unbranched alkanes of at least 4 members (excludes halogenated alkanes) is 18. The van der Waals surface area contributed by atoms with Gasteiger partial charge in [0.15, 0.2) is 0 Å². The van der Waals surface area contributed by atoms with Crippen molar-refractivity contribution in [1.29, 1.82) is 0 Å². The lowest BCUT2D eigenvalue weighted by Gasteiger charge is -2.09. The van der Waals surface area contributed by atoms with E-state index in [2.05, 4.69) is 38.1 Å². The van der Waals surface area contributed by atoms with Crippen LogP contribution in [0.3, 0.4) is 0 Å². The summed E-state index contributed by atoms with van der Waals surface area (Å²) in [4.78, 5) is 11.9. The summed E-state index contributed by atoms with van der Waals surface area (Å²) in [5.41, 5.74) is 1.38. The number of benzene rings is 1. The molecule has 0 heterocycles. The molecule has 13 nitrogen and oxygen atoms in total. The van der Waals surface area contributed by atoms with Gasteiger partial charge in [0.05, 0.1) is 132 Å². The molecular weight excluding hydrogens is 845 g/mol. The van der Waals surface area contributed by atoms with E-state index in [0.717, 1.165) is 25.0 Å². The van der Waals surface area contributed by atoms with E-state index in [4.69, 9.17) is 56.8 Å². The Kier molecular flexibility index (Phi) is 50.8. The Morgan fingerprint density at radius 3 is 0.924 bits per heavy atom. The van der Waals surface area contributed by atoms with E-state index >= 15 is 0 Å². The molecule has 0 aliphatic rings. The number of carbonyl (C=O) groups is 1. The lowest BCUT2D eigenvalue weighted by molar-refractivity contribution is -0.145. The van der Waals surface area contributed by atoms with Crippen molar-refractivity contribution in [2.24, 2.45) is 0 Å². The number of aryl methyl sites for hydroxylation is 1. The summed E-state index contributed by atoms with van der Waals surface area (Å²) in [6.45, 7) is 15.3. The van der Waals surface area contributed by atoms with Crippen LogP contribution in [-0.4, -0.2) is 151 Å². The minimum Gasteiger partial charge on any atom is -0.491 e. The van der Waals surface area contributed by atoms with Gasteiger partial charge >= 0.3 is 5.97 Å². The highest BCUT2D eigenvalue weighted by Gasteiger charge is 2.04. The third-order valence-corrected chi connectivity index (χ3v) is 10.8. The number of esters is 1. The van der Waals surface area contributed by atoms with Crippen molar-refractivity contribution >= 4 is 5.97 Å². The van der Waals surface area contributed by atoms with Crippen LogP contribution >= 0.6 is 0 Å². The van der Waals surface area contributed by atoms with Crippen molar-refractivity contribution < 1.29 is 61.6 Å². The first kappa shape index (κ1) is 62.1. The van der Waals surface area contributed by atoms with E-state index in [1.54, 1.807) is 0 Å². The maximum atomic E-state index is 11.9. The van der Waals surface area contributed by atoms with Gasteiger partial charge in [0.2, 0.25) is 0 Å². The predicted octanol–water partition coefficient (Wildman–Crippen LogP) is 10.5. The number of carbonyl (C=O) groups excluding carboxylic acids is 1. The van der Waals surface area contributed by atoms with Crippen LogP contribution in [0.2, 0.25) is 0 Å². The number of ether oxygens (including phenoxy) is 12. The smallest absolute Gasteiger partial charge is 0.305 e. The van der Waals surface area contributed by atoms with Crippen molar-refractivity contribution in [2.45, 2.75) is 155 Å². The molecule has 0 saturated heterocycles. The van der Waals surface area contributed by atoms with E-state index < -0.39 is 0 Å². The number of rotatable bonds is 56. The summed E-state index contributed by atoms with van der Waals surface area (Å²) < 4.78 is 66.4. The first-order valence-electron chi connectivity index (χ1n) is 26.4. The maximum Gasteiger partial charge on any atom is 0.305 e. The minimum atomic E-state index is -0.131. The predicted molar refractivity (Wildman–Crippen MR) is 263 cm³/mol. The zero-order chi connectivity index (χ0) is 47.2. The van der Waals surface area contributed by atoms with Crippen LogP contribution < -0.4 is 4.74 Å². The average Bonchev–Trinajstić information content (AvgIpc) is 3.33. The average molecular weight is 943 g/mol. The minimum absolute atomic E-state index is 0.131. The fraction of sp³-hybridized carbons (Fsp3) is 0.868. The standard InChI is InChI=1S/C53H98O13/c1-3-5-7-9-11-12-13-14-15-16-18-20-22-24-53(54)66-50-48-64-46-44-62-42-40-60-38-36-58-34-32-56-30-29-55-31-33-57-35-37-59-39-41-61-43-45-63-47-49-65-52-27-25-51(26-28-52)23-21-19-17-10-8-6-4-2/h25-28H,3-24,29-50H2,1-2H3. The van der Waals surface area contributed by atoms with Crippen molar-refractivity contribution in [3.05, 3.63) is 29.8 Å². The molecule has 0 bridgehead atoms. The molecule has 0 radical (unpaired) electrons. The molecule has 66 heavy (non-hydrogen) atoms. The Morgan fingerprint density at radius 2 is 0.591 bits per heavy atom. The molecule has 0 aliphatic heterocycles. The summed E-state index contributed by atoms with van der Waals surface area (Å²) >= 11 is 0. The van der Waals surface area contributed by atoms with Gasteiger partial charge in [-0.15, -0.1) is 0 Å². The molecule has 0 unspecified atom stereocenters. The van der Waals surface area contributed by atoms with Crippen molar-refractivity contribution in [3.63, 3.8) is 0 Å². The van der Waals surface area contributed by atoms with Crippen LogP contribution in [0.15, 0.2) is 24.3 Å². The highest BCUT2D eigenvalue weighted by atomic mass is 16.6. The second-order valence-electron chi connectivity index (χ2n) is 16.7. The fourth-order valence-electron chi connectivity index (χ4n) is 6.91. The van der Waals surface area contributed by atoms with Gasteiger partial charge in [0.25, 0.3) is 0 Å². The third kappa shape index (κ3) is 48.5. The topological polar surface area (TPSA) is 128 Å². The van der Waals surface area contributed by atoms with E-state index in [9.17, 15) is 4.79 Å². The molecule has 0 saturated carbocycles. The quantitative estimate of drug-likeness (QED) is 0.0454. The Balaban J connectivity index is 1.67. The Hall–Kier alpha value is -1.91. The zero-order valence-corrected chi connectivity index (χ0v) is 42.2. The molecule has 1 aromatic carbocycles. The van der Waals surface area contributed by atoms with E-state index in [-0.39, 0.29) is 12.6 Å². The van der Waals surface area contributed by atoms with Crippen molar-refractivity contribution in [3.8, 4) is 5.75 Å². The summed E-state index contributed by atoms with van der Waals surface area (Å²) in [6.07, 6.45) is 27.8. The summed E-state index contributed by atoms with van der Waals surface area (Å²) in [6, 6.07) is 8.46. The van der Waals surface area contributed by atoms with Gasteiger partial charge in [-0.3, -0.25) is 4.79 Å². The van der Waals surface area contributed by atoms with Gasteiger partial charge < -0.3 is 56.8 Å². The highest BCUT2D eigenvalue weighted by Crippen LogP contribution is 2.16. The molecule has 1 rings (SSSR count). The van der Waals surface area contributed by atoms with E-state index in [0.29, 0.717) is 145 Å². The monoisotopic (exact) mass is 943 g/mol. The molecule has 0 aromatic heterocycles. The van der Waals surface area contributed by atoms with Gasteiger partial charge in [0.1, 0.15) is 19.0 Å². The molecule has 0 fully saturated rings. The SMILES string of the molecule is CCCCCCCCCCCCCCCC(=O)OCCOCCOCCOCCOCCOCCOCCOCCOCCOCCOCCOc1ccc(CCCCCCCCC)cc1. The Bertz CT molecular complexity index is 1080. The largest absolute Gasteiger partial charge is 0.491 e.